The SMILES string of the molecule is CCC(NC(=O)CC1CCNC1)c1ccc(Cl)cc1.Cl. The number of rotatable bonds is 5. The van der Waals surface area contributed by atoms with Crippen LogP contribution in [-0.4, -0.2) is 19.0 Å². The lowest BCUT2D eigenvalue weighted by Gasteiger charge is -2.18. The van der Waals surface area contributed by atoms with E-state index >= 15 is 0 Å². The molecule has 20 heavy (non-hydrogen) atoms. The van der Waals surface area contributed by atoms with Crippen LogP contribution < -0.4 is 10.6 Å². The molecular formula is C15H22Cl2N2O. The molecule has 0 radical (unpaired) electrons. The number of halogens is 2. The minimum Gasteiger partial charge on any atom is -0.349 e. The molecule has 0 spiro atoms. The molecule has 3 nitrogen and oxygen atoms in total. The van der Waals surface area contributed by atoms with E-state index in [1.54, 1.807) is 0 Å². The lowest BCUT2D eigenvalue weighted by atomic mass is 10.0. The first-order chi connectivity index (χ1) is 9.19. The van der Waals surface area contributed by atoms with Crippen LogP contribution in [0.5, 0.6) is 0 Å². The van der Waals surface area contributed by atoms with Gasteiger partial charge in [-0.05, 0) is 49.5 Å². The molecule has 1 aromatic carbocycles. The average Bonchev–Trinajstić information content (AvgIpc) is 2.90. The minimum atomic E-state index is 0. The first kappa shape index (κ1) is 17.3. The van der Waals surface area contributed by atoms with Gasteiger partial charge in [-0.25, -0.2) is 0 Å². The Morgan fingerprint density at radius 3 is 2.70 bits per heavy atom. The molecule has 1 heterocycles. The molecule has 2 rings (SSSR count). The zero-order chi connectivity index (χ0) is 13.7. The monoisotopic (exact) mass is 316 g/mol. The van der Waals surface area contributed by atoms with Gasteiger partial charge in [0, 0.05) is 11.4 Å². The largest absolute Gasteiger partial charge is 0.349 e. The van der Waals surface area contributed by atoms with Crippen LogP contribution in [0.2, 0.25) is 5.02 Å². The Kier molecular flexibility index (Phi) is 7.35. The summed E-state index contributed by atoms with van der Waals surface area (Å²) in [5.41, 5.74) is 1.12. The van der Waals surface area contributed by atoms with Crippen LogP contribution >= 0.6 is 24.0 Å². The number of hydrogen-bond donors (Lipinski definition) is 2. The molecule has 1 amide bonds. The van der Waals surface area contributed by atoms with E-state index in [9.17, 15) is 4.79 Å². The highest BCUT2D eigenvalue weighted by Crippen LogP contribution is 2.20. The van der Waals surface area contributed by atoms with E-state index in [1.165, 1.54) is 0 Å². The summed E-state index contributed by atoms with van der Waals surface area (Å²) in [4.78, 5) is 12.0. The summed E-state index contributed by atoms with van der Waals surface area (Å²) >= 11 is 5.88. The minimum absolute atomic E-state index is 0. The van der Waals surface area contributed by atoms with Crippen molar-refractivity contribution in [3.63, 3.8) is 0 Å². The Morgan fingerprint density at radius 1 is 1.45 bits per heavy atom. The van der Waals surface area contributed by atoms with Crippen LogP contribution in [-0.2, 0) is 4.79 Å². The Hall–Kier alpha value is -0.770. The fourth-order valence-corrected chi connectivity index (χ4v) is 2.65. The average molecular weight is 317 g/mol. The smallest absolute Gasteiger partial charge is 0.220 e. The van der Waals surface area contributed by atoms with Gasteiger partial charge in [0.25, 0.3) is 0 Å². The Balaban J connectivity index is 0.00000200. The summed E-state index contributed by atoms with van der Waals surface area (Å²) in [6, 6.07) is 7.78. The van der Waals surface area contributed by atoms with Crippen LogP contribution in [0, 0.1) is 5.92 Å². The molecule has 0 saturated carbocycles. The first-order valence-electron chi connectivity index (χ1n) is 6.94. The number of carbonyl (C=O) groups excluding carboxylic acids is 1. The maximum atomic E-state index is 12.0. The Morgan fingerprint density at radius 2 is 2.15 bits per heavy atom. The van der Waals surface area contributed by atoms with E-state index in [0.717, 1.165) is 36.5 Å². The topological polar surface area (TPSA) is 41.1 Å². The zero-order valence-electron chi connectivity index (χ0n) is 11.7. The normalized spacial score (nSPS) is 19.2. The van der Waals surface area contributed by atoms with Crippen molar-refractivity contribution >= 4 is 29.9 Å². The van der Waals surface area contributed by atoms with Gasteiger partial charge in [0.1, 0.15) is 0 Å². The van der Waals surface area contributed by atoms with E-state index in [2.05, 4.69) is 17.6 Å². The third-order valence-electron chi connectivity index (χ3n) is 3.65. The van der Waals surface area contributed by atoms with E-state index in [1.807, 2.05) is 24.3 Å². The second-order valence-corrected chi connectivity index (χ2v) is 5.58. The number of carbonyl (C=O) groups is 1. The molecular weight excluding hydrogens is 295 g/mol. The summed E-state index contributed by atoms with van der Waals surface area (Å²) in [5.74, 6) is 0.637. The second kappa shape index (κ2) is 8.50. The van der Waals surface area contributed by atoms with Crippen LogP contribution in [0.4, 0.5) is 0 Å². The van der Waals surface area contributed by atoms with Crippen LogP contribution in [0.25, 0.3) is 0 Å². The maximum absolute atomic E-state index is 12.0. The highest BCUT2D eigenvalue weighted by atomic mass is 35.5. The van der Waals surface area contributed by atoms with Crippen molar-refractivity contribution in [2.75, 3.05) is 13.1 Å². The van der Waals surface area contributed by atoms with E-state index < -0.39 is 0 Å². The van der Waals surface area contributed by atoms with Crippen molar-refractivity contribution in [2.24, 2.45) is 5.92 Å². The molecule has 1 fully saturated rings. The quantitative estimate of drug-likeness (QED) is 0.874. The van der Waals surface area contributed by atoms with Gasteiger partial charge >= 0.3 is 0 Å². The van der Waals surface area contributed by atoms with Gasteiger partial charge in [-0.1, -0.05) is 30.7 Å². The molecule has 1 aliphatic heterocycles. The van der Waals surface area contributed by atoms with Crippen molar-refractivity contribution in [3.8, 4) is 0 Å². The summed E-state index contributed by atoms with van der Waals surface area (Å²) in [6.07, 6.45) is 2.61. The predicted molar refractivity (Wildman–Crippen MR) is 85.5 cm³/mol. The molecule has 0 aromatic heterocycles. The standard InChI is InChI=1S/C15H21ClN2O.ClH/c1-2-14(12-3-5-13(16)6-4-12)18-15(19)9-11-7-8-17-10-11;/h3-6,11,14,17H,2,7-10H2,1H3,(H,18,19);1H. The van der Waals surface area contributed by atoms with E-state index in [0.29, 0.717) is 12.3 Å². The highest BCUT2D eigenvalue weighted by molar-refractivity contribution is 6.30. The molecule has 1 aromatic rings. The number of hydrogen-bond acceptors (Lipinski definition) is 2. The summed E-state index contributed by atoms with van der Waals surface area (Å²) in [7, 11) is 0. The van der Waals surface area contributed by atoms with Gasteiger partial charge in [-0.15, -0.1) is 12.4 Å². The molecule has 112 valence electrons. The molecule has 1 aliphatic rings. The Bertz CT molecular complexity index is 416. The number of benzene rings is 1. The lowest BCUT2D eigenvalue weighted by Crippen LogP contribution is -2.30. The van der Waals surface area contributed by atoms with Gasteiger partial charge in [0.2, 0.25) is 5.91 Å². The molecule has 2 unspecified atom stereocenters. The highest BCUT2D eigenvalue weighted by Gasteiger charge is 2.20. The fourth-order valence-electron chi connectivity index (χ4n) is 2.52. The maximum Gasteiger partial charge on any atom is 0.220 e. The number of nitrogens with one attached hydrogen (secondary N) is 2. The number of amides is 1. The van der Waals surface area contributed by atoms with Gasteiger partial charge in [0.15, 0.2) is 0 Å². The fraction of sp³-hybridized carbons (Fsp3) is 0.533. The Labute approximate surface area is 131 Å². The molecule has 0 bridgehead atoms. The first-order valence-corrected chi connectivity index (χ1v) is 7.32. The molecule has 2 atom stereocenters. The van der Waals surface area contributed by atoms with Crippen molar-refractivity contribution in [1.29, 1.82) is 0 Å². The van der Waals surface area contributed by atoms with Crippen molar-refractivity contribution in [2.45, 2.75) is 32.2 Å². The van der Waals surface area contributed by atoms with Gasteiger partial charge in [-0.2, -0.15) is 0 Å². The predicted octanol–water partition coefficient (Wildman–Crippen LogP) is 3.33. The van der Waals surface area contributed by atoms with Gasteiger partial charge < -0.3 is 10.6 Å². The molecule has 2 N–H and O–H groups in total. The van der Waals surface area contributed by atoms with Crippen molar-refractivity contribution < 1.29 is 4.79 Å². The van der Waals surface area contributed by atoms with Gasteiger partial charge in [-0.3, -0.25) is 4.79 Å². The van der Waals surface area contributed by atoms with Crippen molar-refractivity contribution in [1.82, 2.24) is 10.6 Å². The summed E-state index contributed by atoms with van der Waals surface area (Å²) in [5, 5.41) is 7.13. The van der Waals surface area contributed by atoms with Gasteiger partial charge in [0.05, 0.1) is 6.04 Å². The van der Waals surface area contributed by atoms with Crippen LogP contribution in [0.3, 0.4) is 0 Å². The third-order valence-corrected chi connectivity index (χ3v) is 3.90. The van der Waals surface area contributed by atoms with E-state index in [4.69, 9.17) is 11.6 Å². The zero-order valence-corrected chi connectivity index (χ0v) is 13.3. The molecule has 5 heteroatoms. The lowest BCUT2D eigenvalue weighted by molar-refractivity contribution is -0.122. The third kappa shape index (κ3) is 4.97. The molecule has 0 aliphatic carbocycles. The van der Waals surface area contributed by atoms with Crippen LogP contribution in [0.15, 0.2) is 24.3 Å². The summed E-state index contributed by atoms with van der Waals surface area (Å²) in [6.45, 7) is 4.08. The van der Waals surface area contributed by atoms with Crippen LogP contribution in [0.1, 0.15) is 37.8 Å². The molecule has 1 saturated heterocycles. The van der Waals surface area contributed by atoms with Crippen molar-refractivity contribution in [3.05, 3.63) is 34.9 Å². The van der Waals surface area contributed by atoms with E-state index in [-0.39, 0.29) is 24.4 Å². The second-order valence-electron chi connectivity index (χ2n) is 5.14. The summed E-state index contributed by atoms with van der Waals surface area (Å²) < 4.78 is 0.